The molecule has 3 heterocycles. The van der Waals surface area contributed by atoms with Gasteiger partial charge >= 0.3 is 6.03 Å². The Morgan fingerprint density at radius 3 is 2.55 bits per heavy atom. The second-order valence-corrected chi connectivity index (χ2v) is 10.8. The van der Waals surface area contributed by atoms with Gasteiger partial charge in [-0.05, 0) is 72.7 Å². The van der Waals surface area contributed by atoms with Crippen molar-refractivity contribution >= 4 is 16.9 Å². The van der Waals surface area contributed by atoms with E-state index in [9.17, 15) is 4.79 Å². The fraction of sp³-hybridized carbons (Fsp3) is 0.382. The second-order valence-electron chi connectivity index (χ2n) is 10.8. The molecule has 0 saturated carbocycles. The van der Waals surface area contributed by atoms with Gasteiger partial charge in [0.25, 0.3) is 0 Å². The lowest BCUT2D eigenvalue weighted by molar-refractivity contribution is 0.0376. The predicted molar refractivity (Wildman–Crippen MR) is 164 cm³/mol. The molecule has 0 spiro atoms. The van der Waals surface area contributed by atoms with Crippen molar-refractivity contribution in [3.05, 3.63) is 77.5 Å². The van der Waals surface area contributed by atoms with Gasteiger partial charge in [0.2, 0.25) is 0 Å². The van der Waals surface area contributed by atoms with Gasteiger partial charge in [-0.1, -0.05) is 30.3 Å². The fourth-order valence-corrected chi connectivity index (χ4v) is 6.34. The monoisotopic (exact) mass is 569 g/mol. The van der Waals surface area contributed by atoms with Crippen LogP contribution in [-0.2, 0) is 17.6 Å². The summed E-state index contributed by atoms with van der Waals surface area (Å²) in [7, 11) is 3.38. The summed E-state index contributed by atoms with van der Waals surface area (Å²) in [6, 6.07) is 18.7. The highest BCUT2D eigenvalue weighted by Gasteiger charge is 2.35. The number of aromatic amines is 1. The summed E-state index contributed by atoms with van der Waals surface area (Å²) in [5, 5.41) is 1.14. The minimum atomic E-state index is -0.0987. The normalized spacial score (nSPS) is 16.8. The standard InChI is InChI=1S/C34H39N3O5/c1-4-42-32-21-27-24(18-31(32)40-3)12-13-37(34(38)36-14-16-41-17-15-36)30(27)11-10-25-22-35-33-28(23-8-6-5-7-9-23)19-26(39-2)20-29(25)33/h5-9,18-22,30,35H,4,10-17H2,1-3H3. The molecule has 8 nitrogen and oxygen atoms in total. The van der Waals surface area contributed by atoms with Gasteiger partial charge < -0.3 is 33.7 Å². The van der Waals surface area contributed by atoms with E-state index in [-0.39, 0.29) is 12.1 Å². The number of methoxy groups -OCH3 is 2. The van der Waals surface area contributed by atoms with Crippen LogP contribution in [0.5, 0.6) is 17.2 Å². The molecule has 4 aromatic rings. The zero-order valence-electron chi connectivity index (χ0n) is 24.7. The molecule has 6 rings (SSSR count). The van der Waals surface area contributed by atoms with Gasteiger partial charge in [-0.3, -0.25) is 0 Å². The number of hydrogen-bond donors (Lipinski definition) is 1. The number of fused-ring (bicyclic) bond motifs is 2. The number of nitrogens with one attached hydrogen (secondary N) is 1. The Morgan fingerprint density at radius 1 is 1.00 bits per heavy atom. The van der Waals surface area contributed by atoms with Gasteiger partial charge in [0.1, 0.15) is 5.75 Å². The SMILES string of the molecule is CCOc1cc2c(cc1OC)CCN(C(=O)N1CCOCC1)C2CCc1c[nH]c2c(-c3ccccc3)cc(OC)cc12. The molecule has 1 aromatic heterocycles. The van der Waals surface area contributed by atoms with E-state index in [0.29, 0.717) is 45.2 Å². The number of carbonyl (C=O) groups is 1. The molecule has 0 radical (unpaired) electrons. The van der Waals surface area contributed by atoms with Crippen LogP contribution in [0.4, 0.5) is 4.79 Å². The average molecular weight is 570 g/mol. The van der Waals surface area contributed by atoms with Crippen LogP contribution in [0.3, 0.4) is 0 Å². The van der Waals surface area contributed by atoms with Gasteiger partial charge in [-0.15, -0.1) is 0 Å². The first kappa shape index (κ1) is 28.0. The predicted octanol–water partition coefficient (Wildman–Crippen LogP) is 6.24. The summed E-state index contributed by atoms with van der Waals surface area (Å²) in [6.45, 7) is 5.56. The third-order valence-corrected chi connectivity index (χ3v) is 8.47. The second kappa shape index (κ2) is 12.4. The number of urea groups is 1. The maximum Gasteiger partial charge on any atom is 0.320 e. The first-order chi connectivity index (χ1) is 20.6. The van der Waals surface area contributed by atoms with Crippen LogP contribution in [0.2, 0.25) is 0 Å². The molecule has 2 amide bonds. The highest BCUT2D eigenvalue weighted by atomic mass is 16.5. The molecule has 220 valence electrons. The molecule has 0 bridgehead atoms. The largest absolute Gasteiger partial charge is 0.497 e. The lowest BCUT2D eigenvalue weighted by Crippen LogP contribution is -2.51. The summed E-state index contributed by atoms with van der Waals surface area (Å²) in [6.07, 6.45) is 4.43. The molecule has 8 heteroatoms. The third-order valence-electron chi connectivity index (χ3n) is 8.47. The van der Waals surface area contributed by atoms with Crippen molar-refractivity contribution in [2.75, 3.05) is 53.7 Å². The smallest absolute Gasteiger partial charge is 0.320 e. The van der Waals surface area contributed by atoms with E-state index >= 15 is 0 Å². The summed E-state index contributed by atoms with van der Waals surface area (Å²) >= 11 is 0. The van der Waals surface area contributed by atoms with Crippen molar-refractivity contribution in [2.45, 2.75) is 32.2 Å². The molecule has 2 aliphatic rings. The van der Waals surface area contributed by atoms with E-state index < -0.39 is 0 Å². The van der Waals surface area contributed by atoms with Gasteiger partial charge in [-0.25, -0.2) is 4.79 Å². The van der Waals surface area contributed by atoms with E-state index in [1.165, 1.54) is 11.1 Å². The quantitative estimate of drug-likeness (QED) is 0.272. The Morgan fingerprint density at radius 2 is 1.81 bits per heavy atom. The van der Waals surface area contributed by atoms with Crippen LogP contribution in [0.25, 0.3) is 22.0 Å². The van der Waals surface area contributed by atoms with Gasteiger partial charge in [0.05, 0.1) is 45.6 Å². The van der Waals surface area contributed by atoms with Crippen molar-refractivity contribution in [1.29, 1.82) is 0 Å². The summed E-state index contributed by atoms with van der Waals surface area (Å²) in [4.78, 5) is 21.4. The minimum Gasteiger partial charge on any atom is -0.497 e. The van der Waals surface area contributed by atoms with Crippen molar-refractivity contribution in [1.82, 2.24) is 14.8 Å². The Labute approximate surface area is 247 Å². The van der Waals surface area contributed by atoms with Crippen LogP contribution >= 0.6 is 0 Å². The van der Waals surface area contributed by atoms with Gasteiger partial charge in [0.15, 0.2) is 11.5 Å². The van der Waals surface area contributed by atoms with Gasteiger partial charge in [-0.2, -0.15) is 0 Å². The van der Waals surface area contributed by atoms with E-state index in [2.05, 4.69) is 64.6 Å². The van der Waals surface area contributed by atoms with Crippen LogP contribution in [-0.4, -0.2) is 74.5 Å². The molecule has 1 atom stereocenters. The molecular weight excluding hydrogens is 530 g/mol. The highest BCUT2D eigenvalue weighted by Crippen LogP contribution is 2.41. The number of aryl methyl sites for hydroxylation is 1. The number of carbonyl (C=O) groups excluding carboxylic acids is 1. The minimum absolute atomic E-state index is 0.0784. The molecule has 0 aliphatic carbocycles. The Balaban J connectivity index is 1.36. The summed E-state index contributed by atoms with van der Waals surface area (Å²) in [5.74, 6) is 2.27. The van der Waals surface area contributed by atoms with E-state index in [1.54, 1.807) is 14.2 Å². The third kappa shape index (κ3) is 5.39. The average Bonchev–Trinajstić information content (AvgIpc) is 3.46. The van der Waals surface area contributed by atoms with E-state index in [0.717, 1.165) is 58.4 Å². The van der Waals surface area contributed by atoms with Crippen molar-refractivity contribution < 1.29 is 23.7 Å². The van der Waals surface area contributed by atoms with Crippen LogP contribution in [0.15, 0.2) is 60.8 Å². The maximum atomic E-state index is 13.9. The Bertz CT molecular complexity index is 1540. The zero-order valence-corrected chi connectivity index (χ0v) is 24.7. The van der Waals surface area contributed by atoms with E-state index in [4.69, 9.17) is 18.9 Å². The topological polar surface area (TPSA) is 76.3 Å². The van der Waals surface area contributed by atoms with Crippen LogP contribution in [0.1, 0.15) is 36.1 Å². The molecule has 1 N–H and O–H groups in total. The van der Waals surface area contributed by atoms with Crippen molar-refractivity contribution in [2.24, 2.45) is 0 Å². The highest BCUT2D eigenvalue weighted by molar-refractivity contribution is 5.97. The summed E-state index contributed by atoms with van der Waals surface area (Å²) in [5.41, 5.74) is 6.87. The molecule has 1 saturated heterocycles. The van der Waals surface area contributed by atoms with E-state index in [1.807, 2.05) is 17.9 Å². The number of amides is 2. The molecule has 2 aliphatic heterocycles. The fourth-order valence-electron chi connectivity index (χ4n) is 6.34. The lowest BCUT2D eigenvalue weighted by Gasteiger charge is -2.41. The molecule has 1 fully saturated rings. The molecule has 3 aromatic carbocycles. The van der Waals surface area contributed by atoms with Crippen LogP contribution < -0.4 is 14.2 Å². The number of ether oxygens (including phenoxy) is 4. The number of H-pyrrole nitrogens is 1. The number of benzene rings is 3. The lowest BCUT2D eigenvalue weighted by atomic mass is 9.88. The maximum absolute atomic E-state index is 13.9. The number of morpholine rings is 1. The Kier molecular flexibility index (Phi) is 8.24. The molecule has 42 heavy (non-hydrogen) atoms. The van der Waals surface area contributed by atoms with Crippen LogP contribution in [0, 0.1) is 0 Å². The number of nitrogens with zero attached hydrogens (tertiary/aromatic N) is 2. The molecule has 1 unspecified atom stereocenters. The first-order valence-corrected chi connectivity index (χ1v) is 14.8. The first-order valence-electron chi connectivity index (χ1n) is 14.8. The summed E-state index contributed by atoms with van der Waals surface area (Å²) < 4.78 is 22.9. The number of aromatic nitrogens is 1. The number of rotatable bonds is 8. The number of hydrogen-bond acceptors (Lipinski definition) is 5. The zero-order chi connectivity index (χ0) is 29.1. The molecular formula is C34H39N3O5. The van der Waals surface area contributed by atoms with Gasteiger partial charge in [0, 0.05) is 36.8 Å². The van der Waals surface area contributed by atoms with Crippen molar-refractivity contribution in [3.63, 3.8) is 0 Å². The van der Waals surface area contributed by atoms with Crippen molar-refractivity contribution in [3.8, 4) is 28.4 Å². The Hall–Kier alpha value is -4.17.